The SMILES string of the molecule is CN(CCCC=O)CCOF. The van der Waals surface area contributed by atoms with Crippen LogP contribution in [-0.4, -0.2) is 37.9 Å². The average molecular weight is 163 g/mol. The third kappa shape index (κ3) is 7.42. The first-order chi connectivity index (χ1) is 5.31. The largest absolute Gasteiger partial charge is 0.304 e. The lowest BCUT2D eigenvalue weighted by Crippen LogP contribution is -2.23. The molecule has 0 amide bonds. The van der Waals surface area contributed by atoms with Gasteiger partial charge in [0.1, 0.15) is 12.9 Å². The molecule has 0 saturated carbocycles. The Morgan fingerprint density at radius 1 is 1.55 bits per heavy atom. The Kier molecular flexibility index (Phi) is 7.29. The Hall–Kier alpha value is -0.480. The van der Waals surface area contributed by atoms with Gasteiger partial charge in [-0.3, -0.25) is 0 Å². The second-order valence-electron chi connectivity index (χ2n) is 2.43. The standard InChI is InChI=1S/C7H14FNO2/c1-9(5-7-11-8)4-2-3-6-10/h6H,2-5,7H2,1H3. The summed E-state index contributed by atoms with van der Waals surface area (Å²) in [6, 6.07) is 0. The maximum atomic E-state index is 11.2. The molecule has 0 rings (SSSR count). The second kappa shape index (κ2) is 7.63. The van der Waals surface area contributed by atoms with Crippen molar-refractivity contribution < 1.29 is 14.3 Å². The van der Waals surface area contributed by atoms with Gasteiger partial charge in [-0.2, -0.15) is 4.94 Å². The number of hydrogen-bond acceptors (Lipinski definition) is 3. The number of unbranched alkanes of at least 4 members (excludes halogenated alkanes) is 1. The minimum absolute atomic E-state index is 0.0948. The molecule has 0 radical (unpaired) electrons. The predicted octanol–water partition coefficient (Wildman–Crippen LogP) is 0.798. The zero-order valence-electron chi connectivity index (χ0n) is 6.75. The van der Waals surface area contributed by atoms with Crippen LogP contribution in [0, 0.1) is 0 Å². The van der Waals surface area contributed by atoms with Crippen molar-refractivity contribution in [3.8, 4) is 0 Å². The summed E-state index contributed by atoms with van der Waals surface area (Å²) in [5.41, 5.74) is 0. The molecule has 4 heteroatoms. The number of aldehydes is 1. The van der Waals surface area contributed by atoms with Gasteiger partial charge in [-0.1, -0.05) is 0 Å². The topological polar surface area (TPSA) is 29.5 Å². The average Bonchev–Trinajstić information content (AvgIpc) is 2.01. The molecule has 66 valence electrons. The van der Waals surface area contributed by atoms with E-state index in [1.165, 1.54) is 0 Å². The number of nitrogens with zero attached hydrogens (tertiary/aromatic N) is 1. The van der Waals surface area contributed by atoms with E-state index >= 15 is 0 Å². The van der Waals surface area contributed by atoms with Crippen LogP contribution in [0.5, 0.6) is 0 Å². The summed E-state index contributed by atoms with van der Waals surface area (Å²) in [4.78, 5) is 15.2. The summed E-state index contributed by atoms with van der Waals surface area (Å²) in [7, 11) is 1.86. The summed E-state index contributed by atoms with van der Waals surface area (Å²) in [5, 5.41) is 0. The first-order valence-corrected chi connectivity index (χ1v) is 3.67. The van der Waals surface area contributed by atoms with Gasteiger partial charge < -0.3 is 9.69 Å². The van der Waals surface area contributed by atoms with E-state index in [0.29, 0.717) is 13.0 Å². The first kappa shape index (κ1) is 10.5. The van der Waals surface area contributed by atoms with Gasteiger partial charge in [0, 0.05) is 13.0 Å². The minimum atomic E-state index is 0.0948. The Morgan fingerprint density at radius 2 is 2.27 bits per heavy atom. The summed E-state index contributed by atoms with van der Waals surface area (Å²) in [5.74, 6) is 0. The van der Waals surface area contributed by atoms with Gasteiger partial charge in [-0.05, 0) is 24.5 Å². The van der Waals surface area contributed by atoms with E-state index in [0.717, 1.165) is 19.3 Å². The minimum Gasteiger partial charge on any atom is -0.304 e. The lowest BCUT2D eigenvalue weighted by atomic mass is 10.3. The highest BCUT2D eigenvalue weighted by Gasteiger charge is 1.96. The van der Waals surface area contributed by atoms with Crippen molar-refractivity contribution in [1.82, 2.24) is 4.90 Å². The van der Waals surface area contributed by atoms with Crippen molar-refractivity contribution in [2.45, 2.75) is 12.8 Å². The van der Waals surface area contributed by atoms with Crippen LogP contribution in [0.3, 0.4) is 0 Å². The van der Waals surface area contributed by atoms with Crippen molar-refractivity contribution in [2.75, 3.05) is 26.7 Å². The zero-order chi connectivity index (χ0) is 8.53. The van der Waals surface area contributed by atoms with Crippen molar-refractivity contribution >= 4 is 6.29 Å². The maximum absolute atomic E-state index is 11.2. The Bertz CT molecular complexity index is 100. The highest BCUT2D eigenvalue weighted by molar-refractivity contribution is 5.48. The second-order valence-corrected chi connectivity index (χ2v) is 2.43. The lowest BCUT2D eigenvalue weighted by Gasteiger charge is -2.13. The van der Waals surface area contributed by atoms with Gasteiger partial charge in [-0.15, -0.1) is 0 Å². The molecule has 0 aromatic heterocycles. The molecule has 0 fully saturated rings. The van der Waals surface area contributed by atoms with Gasteiger partial charge in [-0.25, -0.2) is 0 Å². The third-order valence-electron chi connectivity index (χ3n) is 1.41. The Morgan fingerprint density at radius 3 is 2.82 bits per heavy atom. The Balaban J connectivity index is 3.08. The van der Waals surface area contributed by atoms with Crippen LogP contribution in [0.2, 0.25) is 0 Å². The van der Waals surface area contributed by atoms with Gasteiger partial charge >= 0.3 is 0 Å². The molecular weight excluding hydrogens is 149 g/mol. The normalized spacial score (nSPS) is 10.5. The molecule has 0 aromatic rings. The summed E-state index contributed by atoms with van der Waals surface area (Å²) in [6.07, 6.45) is 2.28. The van der Waals surface area contributed by atoms with Crippen molar-refractivity contribution in [1.29, 1.82) is 0 Å². The maximum Gasteiger partial charge on any atom is 0.120 e. The van der Waals surface area contributed by atoms with Crippen molar-refractivity contribution in [3.63, 3.8) is 0 Å². The highest BCUT2D eigenvalue weighted by atomic mass is 19.3. The Labute approximate surface area is 66.0 Å². The number of carbonyl (C=O) groups excluding carboxylic acids is 1. The lowest BCUT2D eigenvalue weighted by molar-refractivity contribution is -0.135. The molecule has 0 aromatic carbocycles. The van der Waals surface area contributed by atoms with E-state index in [1.54, 1.807) is 0 Å². The number of rotatable bonds is 7. The van der Waals surface area contributed by atoms with Crippen LogP contribution in [0.25, 0.3) is 0 Å². The van der Waals surface area contributed by atoms with E-state index < -0.39 is 0 Å². The molecule has 0 aliphatic heterocycles. The van der Waals surface area contributed by atoms with Crippen LogP contribution in [0.1, 0.15) is 12.8 Å². The molecule has 3 nitrogen and oxygen atoms in total. The van der Waals surface area contributed by atoms with Crippen LogP contribution >= 0.6 is 0 Å². The number of likely N-dealkylation sites (N-methyl/N-ethyl adjacent to an activating group) is 1. The third-order valence-corrected chi connectivity index (χ3v) is 1.41. The van der Waals surface area contributed by atoms with Crippen LogP contribution in [-0.2, 0) is 9.74 Å². The number of halogens is 1. The molecular formula is C7H14FNO2. The van der Waals surface area contributed by atoms with Gasteiger partial charge in [0.25, 0.3) is 0 Å². The molecule has 0 unspecified atom stereocenters. The van der Waals surface area contributed by atoms with Gasteiger partial charge in [0.05, 0.1) is 0 Å². The van der Waals surface area contributed by atoms with Gasteiger partial charge in [0.2, 0.25) is 0 Å². The smallest absolute Gasteiger partial charge is 0.120 e. The predicted molar refractivity (Wildman–Crippen MR) is 39.9 cm³/mol. The number of carbonyl (C=O) groups is 1. The fourth-order valence-corrected chi connectivity index (χ4v) is 0.747. The fraction of sp³-hybridized carbons (Fsp3) is 0.857. The molecule has 0 aliphatic rings. The number of hydrogen-bond donors (Lipinski definition) is 0. The molecule has 11 heavy (non-hydrogen) atoms. The zero-order valence-corrected chi connectivity index (χ0v) is 6.75. The monoisotopic (exact) mass is 163 g/mol. The molecule has 0 heterocycles. The first-order valence-electron chi connectivity index (χ1n) is 3.67. The van der Waals surface area contributed by atoms with Crippen LogP contribution < -0.4 is 0 Å². The van der Waals surface area contributed by atoms with Crippen LogP contribution in [0.4, 0.5) is 4.53 Å². The molecule has 0 spiro atoms. The van der Waals surface area contributed by atoms with Crippen molar-refractivity contribution in [2.24, 2.45) is 0 Å². The molecule has 0 N–H and O–H groups in total. The highest BCUT2D eigenvalue weighted by Crippen LogP contribution is 1.90. The van der Waals surface area contributed by atoms with E-state index in [9.17, 15) is 9.32 Å². The van der Waals surface area contributed by atoms with Gasteiger partial charge in [0.15, 0.2) is 0 Å². The molecule has 0 bridgehead atoms. The fourth-order valence-electron chi connectivity index (χ4n) is 0.747. The van der Waals surface area contributed by atoms with E-state index in [1.807, 2.05) is 11.9 Å². The van der Waals surface area contributed by atoms with E-state index in [-0.39, 0.29) is 6.61 Å². The van der Waals surface area contributed by atoms with E-state index in [2.05, 4.69) is 4.94 Å². The van der Waals surface area contributed by atoms with Crippen LogP contribution in [0.15, 0.2) is 0 Å². The summed E-state index contributed by atoms with van der Waals surface area (Å²) >= 11 is 0. The van der Waals surface area contributed by atoms with Crippen molar-refractivity contribution in [3.05, 3.63) is 0 Å². The molecule has 0 saturated heterocycles. The quantitative estimate of drug-likeness (QED) is 0.410. The van der Waals surface area contributed by atoms with E-state index in [4.69, 9.17) is 0 Å². The summed E-state index contributed by atoms with van der Waals surface area (Å²) < 4.78 is 11.2. The molecule has 0 aliphatic carbocycles. The molecule has 0 atom stereocenters. The summed E-state index contributed by atoms with van der Waals surface area (Å²) in [6.45, 7) is 1.47.